The van der Waals surface area contributed by atoms with Crippen LogP contribution < -0.4 is 5.32 Å². The van der Waals surface area contributed by atoms with Crippen molar-refractivity contribution in [3.63, 3.8) is 0 Å². The molecule has 2 heterocycles. The zero-order chi connectivity index (χ0) is 22.8. The molecular formula is C24H25ClN4O2S. The van der Waals surface area contributed by atoms with Crippen molar-refractivity contribution < 1.29 is 9.59 Å². The number of amidine groups is 2. The number of anilines is 1. The molecule has 2 aromatic rings. The number of carbonyl (C=O) groups is 2. The van der Waals surface area contributed by atoms with E-state index in [0.29, 0.717) is 40.5 Å². The summed E-state index contributed by atoms with van der Waals surface area (Å²) in [6.45, 7) is 6.10. The summed E-state index contributed by atoms with van der Waals surface area (Å²) in [5, 5.41) is 3.53. The highest BCUT2D eigenvalue weighted by atomic mass is 35.5. The van der Waals surface area contributed by atoms with E-state index in [1.54, 1.807) is 29.2 Å². The molecule has 2 amide bonds. The lowest BCUT2D eigenvalue weighted by Gasteiger charge is -2.27. The molecule has 0 bridgehead atoms. The number of rotatable bonds is 6. The van der Waals surface area contributed by atoms with Crippen LogP contribution in [0.25, 0.3) is 0 Å². The van der Waals surface area contributed by atoms with Crippen LogP contribution in [0.4, 0.5) is 11.4 Å². The number of benzene rings is 2. The van der Waals surface area contributed by atoms with Crippen LogP contribution in [-0.4, -0.2) is 39.0 Å². The summed E-state index contributed by atoms with van der Waals surface area (Å²) in [5.41, 5.74) is 2.23. The monoisotopic (exact) mass is 468 g/mol. The van der Waals surface area contributed by atoms with E-state index < -0.39 is 11.3 Å². The van der Waals surface area contributed by atoms with Crippen molar-refractivity contribution in [2.75, 3.05) is 5.32 Å². The fourth-order valence-electron chi connectivity index (χ4n) is 3.72. The minimum absolute atomic E-state index is 0.0837. The van der Waals surface area contributed by atoms with Crippen LogP contribution in [0.3, 0.4) is 0 Å². The lowest BCUT2D eigenvalue weighted by Crippen LogP contribution is -2.42. The van der Waals surface area contributed by atoms with Gasteiger partial charge in [-0.25, -0.2) is 9.89 Å². The van der Waals surface area contributed by atoms with Crippen LogP contribution in [0.1, 0.15) is 39.2 Å². The van der Waals surface area contributed by atoms with Crippen LogP contribution in [0, 0.1) is 5.92 Å². The average molecular weight is 469 g/mol. The molecule has 2 aromatic carbocycles. The van der Waals surface area contributed by atoms with E-state index >= 15 is 0 Å². The number of hydrogen-bond acceptors (Lipinski definition) is 5. The van der Waals surface area contributed by atoms with Crippen molar-refractivity contribution in [2.45, 2.75) is 44.9 Å². The topological polar surface area (TPSA) is 74.1 Å². The molecule has 2 aliphatic heterocycles. The third-order valence-corrected chi connectivity index (χ3v) is 6.80. The van der Waals surface area contributed by atoms with Crippen LogP contribution in [0.5, 0.6) is 0 Å². The molecule has 0 saturated carbocycles. The van der Waals surface area contributed by atoms with E-state index in [0.717, 1.165) is 11.3 Å². The largest absolute Gasteiger partial charge is 0.325 e. The second-order valence-corrected chi connectivity index (χ2v) is 9.80. The van der Waals surface area contributed by atoms with E-state index in [9.17, 15) is 9.59 Å². The lowest BCUT2D eigenvalue weighted by atomic mass is 10.0. The Labute approximate surface area is 197 Å². The number of fused-ring (bicyclic) bond motifs is 3. The van der Waals surface area contributed by atoms with E-state index in [1.165, 1.54) is 11.8 Å². The highest BCUT2D eigenvalue weighted by Gasteiger charge is 2.42. The number of halogens is 1. The van der Waals surface area contributed by atoms with Gasteiger partial charge in [0.1, 0.15) is 11.9 Å². The van der Waals surface area contributed by atoms with Crippen LogP contribution in [0.15, 0.2) is 58.5 Å². The zero-order valence-electron chi connectivity index (χ0n) is 18.2. The molecular weight excluding hydrogens is 444 g/mol. The second kappa shape index (κ2) is 9.46. The van der Waals surface area contributed by atoms with Crippen molar-refractivity contribution in [3.8, 4) is 0 Å². The molecule has 0 saturated heterocycles. The summed E-state index contributed by atoms with van der Waals surface area (Å²) >= 11 is 7.33. The predicted molar refractivity (Wildman–Crippen MR) is 132 cm³/mol. The van der Waals surface area contributed by atoms with Crippen LogP contribution in [0.2, 0.25) is 5.02 Å². The zero-order valence-corrected chi connectivity index (χ0v) is 19.8. The smallest absolute Gasteiger partial charge is 0.259 e. The number of aliphatic imine (C=N–C) groups is 2. The number of carbonyl (C=O) groups excluding carboxylic acids is 2. The first kappa shape index (κ1) is 22.6. The van der Waals surface area contributed by atoms with Gasteiger partial charge in [0.05, 0.1) is 10.9 Å². The van der Waals surface area contributed by atoms with E-state index in [1.807, 2.05) is 31.2 Å². The average Bonchev–Trinajstić information content (AvgIpc) is 3.08. The van der Waals surface area contributed by atoms with Gasteiger partial charge in [-0.2, -0.15) is 0 Å². The third kappa shape index (κ3) is 4.59. The Hall–Kier alpha value is -2.64. The Balaban J connectivity index is 1.62. The Morgan fingerprint density at radius 3 is 2.72 bits per heavy atom. The Morgan fingerprint density at radius 1 is 1.22 bits per heavy atom. The molecule has 32 heavy (non-hydrogen) atoms. The highest BCUT2D eigenvalue weighted by molar-refractivity contribution is 8.15. The third-order valence-electron chi connectivity index (χ3n) is 5.25. The first-order chi connectivity index (χ1) is 15.4. The Kier molecular flexibility index (Phi) is 6.67. The van der Waals surface area contributed by atoms with Gasteiger partial charge in [-0.15, -0.1) is 0 Å². The summed E-state index contributed by atoms with van der Waals surface area (Å²) in [7, 11) is 0. The van der Waals surface area contributed by atoms with Crippen molar-refractivity contribution >= 4 is 57.6 Å². The van der Waals surface area contributed by atoms with Gasteiger partial charge in [-0.05, 0) is 49.1 Å². The Bertz CT molecular complexity index is 1110. The molecule has 4 rings (SSSR count). The number of thioether (sulfide) groups is 1. The maximum absolute atomic E-state index is 13.3. The molecule has 2 aliphatic rings. The number of para-hydroxylation sites is 1. The summed E-state index contributed by atoms with van der Waals surface area (Å²) in [4.78, 5) is 37.4. The van der Waals surface area contributed by atoms with Crippen molar-refractivity contribution in [3.05, 3.63) is 59.1 Å². The fourth-order valence-corrected chi connectivity index (χ4v) is 4.93. The van der Waals surface area contributed by atoms with Crippen LogP contribution >= 0.6 is 23.4 Å². The van der Waals surface area contributed by atoms with Gasteiger partial charge in [-0.1, -0.05) is 62.3 Å². The van der Waals surface area contributed by atoms with Gasteiger partial charge in [0.25, 0.3) is 5.91 Å². The normalized spacial score (nSPS) is 18.1. The van der Waals surface area contributed by atoms with Crippen LogP contribution in [-0.2, 0) is 9.59 Å². The van der Waals surface area contributed by atoms with Gasteiger partial charge in [-0.3, -0.25) is 14.6 Å². The molecule has 6 nitrogen and oxygen atoms in total. The first-order valence-electron chi connectivity index (χ1n) is 10.7. The van der Waals surface area contributed by atoms with Gasteiger partial charge in [0.2, 0.25) is 5.91 Å². The molecule has 1 N–H and O–H groups in total. The first-order valence-corrected chi connectivity index (χ1v) is 12.0. The maximum atomic E-state index is 13.3. The molecule has 0 spiro atoms. The summed E-state index contributed by atoms with van der Waals surface area (Å²) < 4.78 is 0. The summed E-state index contributed by atoms with van der Waals surface area (Å²) in [5.74, 6) is 0.716. The second-order valence-electron chi connectivity index (χ2n) is 8.20. The van der Waals surface area contributed by atoms with Gasteiger partial charge >= 0.3 is 0 Å². The quantitative estimate of drug-likeness (QED) is 0.608. The summed E-state index contributed by atoms with van der Waals surface area (Å²) in [6, 6.07) is 14.3. The highest BCUT2D eigenvalue weighted by Crippen LogP contribution is 2.36. The molecule has 0 radical (unpaired) electrons. The van der Waals surface area contributed by atoms with Gasteiger partial charge < -0.3 is 5.32 Å². The Morgan fingerprint density at radius 2 is 2.00 bits per heavy atom. The predicted octanol–water partition coefficient (Wildman–Crippen LogP) is 5.50. The van der Waals surface area contributed by atoms with Crippen molar-refractivity contribution in [2.24, 2.45) is 15.9 Å². The van der Waals surface area contributed by atoms with Gasteiger partial charge in [0.15, 0.2) is 5.17 Å². The molecule has 8 heteroatoms. The SMILES string of the molecule is CC[C@@H](SC1=Nc2ccccc2C2=N[C@@H](CC(C)C)C(=O)N12)C(=O)Nc1cccc(Cl)c1. The standard InChI is InChI=1S/C24H25ClN4O2S/c1-4-20(22(30)26-16-9-7-8-15(25)13-16)32-24-28-18-11-6-5-10-17(18)21-27-19(12-14(2)3)23(31)29(21)24/h5-11,13-14,19-20H,4,12H2,1-3H3,(H,26,30)/t19-,20+/m0/s1. The number of amides is 2. The van der Waals surface area contributed by atoms with Crippen molar-refractivity contribution in [1.29, 1.82) is 0 Å². The number of nitrogens with zero attached hydrogens (tertiary/aromatic N) is 3. The molecule has 0 aromatic heterocycles. The number of nitrogens with one attached hydrogen (secondary N) is 1. The fraction of sp³-hybridized carbons (Fsp3) is 0.333. The van der Waals surface area contributed by atoms with Crippen molar-refractivity contribution in [1.82, 2.24) is 4.90 Å². The molecule has 0 unspecified atom stereocenters. The van der Waals surface area contributed by atoms with Gasteiger partial charge in [0, 0.05) is 16.3 Å². The maximum Gasteiger partial charge on any atom is 0.259 e. The minimum Gasteiger partial charge on any atom is -0.325 e. The summed E-state index contributed by atoms with van der Waals surface area (Å²) in [6.07, 6.45) is 1.24. The molecule has 2 atom stereocenters. The molecule has 0 aliphatic carbocycles. The molecule has 166 valence electrons. The lowest BCUT2D eigenvalue weighted by molar-refractivity contribution is -0.125. The minimum atomic E-state index is -0.434. The van der Waals surface area contributed by atoms with E-state index in [2.05, 4.69) is 19.2 Å². The number of hydrogen-bond donors (Lipinski definition) is 1. The van der Waals surface area contributed by atoms with E-state index in [-0.39, 0.29) is 11.8 Å². The van der Waals surface area contributed by atoms with E-state index in [4.69, 9.17) is 21.6 Å². The molecule has 0 fully saturated rings.